The molecule has 7 nitrogen and oxygen atoms in total. The summed E-state index contributed by atoms with van der Waals surface area (Å²) in [4.78, 5) is 15.4. The van der Waals surface area contributed by atoms with E-state index in [4.69, 9.17) is 22.1 Å². The van der Waals surface area contributed by atoms with E-state index in [-0.39, 0.29) is 58.6 Å². The fourth-order valence-electron chi connectivity index (χ4n) is 4.42. The molecule has 0 amide bonds. The molecule has 0 fully saturated rings. The zero-order valence-corrected chi connectivity index (χ0v) is 23.4. The molecular weight excluding hydrogens is 580 g/mol. The van der Waals surface area contributed by atoms with Crippen LogP contribution in [0.3, 0.4) is 0 Å². The molecule has 0 aliphatic heterocycles. The minimum atomic E-state index is -4.79. The summed E-state index contributed by atoms with van der Waals surface area (Å²) < 4.78 is 49.4. The number of rotatable bonds is 7. The first kappa shape index (κ1) is 32.3. The molecule has 13 heteroatoms. The normalized spacial score (nSPS) is 16.8. The number of hydrogen-bond donors (Lipinski definition) is 2. The van der Waals surface area contributed by atoms with Crippen molar-refractivity contribution in [2.75, 3.05) is 5.73 Å². The van der Waals surface area contributed by atoms with Crippen LogP contribution in [0.25, 0.3) is 11.3 Å². The summed E-state index contributed by atoms with van der Waals surface area (Å²) in [6, 6.07) is 7.18. The van der Waals surface area contributed by atoms with Gasteiger partial charge in [-0.05, 0) is 67.5 Å². The molecule has 1 aromatic carbocycles. The maximum atomic E-state index is 14.2. The number of benzene rings is 1. The SMILES string of the molecule is Cc1ccn(-c2cc(Cl)ccc2[C@@H](Oc2ncc(C3=CCC(C(C)C(=O)O)CC3)cc2N)C(F)(F)F)n1.Cl.Cl. The number of carbonyl (C=O) groups is 1. The van der Waals surface area contributed by atoms with E-state index in [2.05, 4.69) is 10.1 Å². The number of aromatic nitrogens is 3. The minimum Gasteiger partial charge on any atom is -0.481 e. The zero-order chi connectivity index (χ0) is 26.9. The molecule has 3 N–H and O–H groups in total. The van der Waals surface area contributed by atoms with E-state index in [9.17, 15) is 23.1 Å². The number of nitrogens with zero attached hydrogens (tertiary/aromatic N) is 3. The van der Waals surface area contributed by atoms with Crippen molar-refractivity contribution in [1.82, 2.24) is 14.8 Å². The third kappa shape index (κ3) is 7.38. The molecule has 0 bridgehead atoms. The van der Waals surface area contributed by atoms with Gasteiger partial charge in [-0.1, -0.05) is 30.7 Å². The van der Waals surface area contributed by atoms with Gasteiger partial charge in [0.25, 0.3) is 0 Å². The van der Waals surface area contributed by atoms with E-state index in [1.807, 2.05) is 6.08 Å². The Kier molecular flexibility index (Phi) is 10.7. The average Bonchev–Trinajstić information content (AvgIpc) is 3.28. The Morgan fingerprint density at radius 3 is 2.51 bits per heavy atom. The van der Waals surface area contributed by atoms with Crippen LogP contribution in [0.5, 0.6) is 5.88 Å². The van der Waals surface area contributed by atoms with Crippen LogP contribution in [0.1, 0.15) is 49.1 Å². The molecule has 0 radical (unpaired) electrons. The summed E-state index contributed by atoms with van der Waals surface area (Å²) in [6.45, 7) is 3.41. The predicted molar refractivity (Wildman–Crippen MR) is 148 cm³/mol. The Labute approximate surface area is 241 Å². The summed E-state index contributed by atoms with van der Waals surface area (Å²) in [5.74, 6) is -1.62. The summed E-state index contributed by atoms with van der Waals surface area (Å²) >= 11 is 6.08. The number of hydrogen-bond acceptors (Lipinski definition) is 5. The van der Waals surface area contributed by atoms with E-state index in [1.165, 1.54) is 35.1 Å². The van der Waals surface area contributed by atoms with Gasteiger partial charge in [0.2, 0.25) is 12.0 Å². The second-order valence-corrected chi connectivity index (χ2v) is 9.59. The van der Waals surface area contributed by atoms with Crippen LogP contribution in [-0.2, 0) is 4.79 Å². The highest BCUT2D eigenvalue weighted by molar-refractivity contribution is 6.30. The lowest BCUT2D eigenvalue weighted by atomic mass is 9.80. The topological polar surface area (TPSA) is 103 Å². The van der Waals surface area contributed by atoms with Gasteiger partial charge in [-0.25, -0.2) is 9.67 Å². The second-order valence-electron chi connectivity index (χ2n) is 9.15. The highest BCUT2D eigenvalue weighted by Crippen LogP contribution is 2.41. The highest BCUT2D eigenvalue weighted by Gasteiger charge is 2.45. The summed E-state index contributed by atoms with van der Waals surface area (Å²) in [5, 5.41) is 13.7. The maximum absolute atomic E-state index is 14.2. The van der Waals surface area contributed by atoms with Crippen molar-refractivity contribution in [2.45, 2.75) is 45.4 Å². The summed E-state index contributed by atoms with van der Waals surface area (Å²) in [7, 11) is 0. The molecule has 0 saturated carbocycles. The molecule has 4 rings (SSSR count). The Hall–Kier alpha value is -2.95. The number of aryl methyl sites for hydroxylation is 1. The van der Waals surface area contributed by atoms with Gasteiger partial charge in [-0.2, -0.15) is 18.3 Å². The molecule has 1 aliphatic rings. The van der Waals surface area contributed by atoms with Gasteiger partial charge in [0, 0.05) is 23.0 Å². The number of carboxylic acids is 1. The number of aliphatic carboxylic acids is 1. The molecule has 0 saturated heterocycles. The fourth-order valence-corrected chi connectivity index (χ4v) is 4.59. The van der Waals surface area contributed by atoms with Crippen LogP contribution in [-0.4, -0.2) is 32.0 Å². The highest BCUT2D eigenvalue weighted by atomic mass is 35.5. The van der Waals surface area contributed by atoms with Crippen LogP contribution < -0.4 is 10.5 Å². The van der Waals surface area contributed by atoms with Crippen LogP contribution in [0.4, 0.5) is 18.9 Å². The zero-order valence-electron chi connectivity index (χ0n) is 21.0. The van der Waals surface area contributed by atoms with Crippen molar-refractivity contribution in [3.63, 3.8) is 0 Å². The second kappa shape index (κ2) is 12.9. The van der Waals surface area contributed by atoms with Gasteiger partial charge < -0.3 is 15.6 Å². The molecule has 2 heterocycles. The number of anilines is 1. The van der Waals surface area contributed by atoms with E-state index < -0.39 is 24.2 Å². The molecule has 3 atom stereocenters. The number of nitrogens with two attached hydrogens (primary N) is 1. The average molecular weight is 608 g/mol. The first-order chi connectivity index (χ1) is 17.4. The van der Waals surface area contributed by atoms with Crippen LogP contribution in [0, 0.1) is 18.8 Å². The van der Waals surface area contributed by atoms with Gasteiger partial charge in [0.15, 0.2) is 0 Å². The van der Waals surface area contributed by atoms with Crippen molar-refractivity contribution in [3.05, 3.63) is 70.6 Å². The van der Waals surface area contributed by atoms with Crippen molar-refractivity contribution >= 4 is 53.6 Å². The van der Waals surface area contributed by atoms with Crippen LogP contribution in [0.15, 0.2) is 48.8 Å². The Morgan fingerprint density at radius 2 is 1.97 bits per heavy atom. The quantitative estimate of drug-likeness (QED) is 0.293. The third-order valence-corrected chi connectivity index (χ3v) is 6.80. The van der Waals surface area contributed by atoms with E-state index in [1.54, 1.807) is 26.1 Å². The molecule has 2 unspecified atom stereocenters. The lowest BCUT2D eigenvalue weighted by Crippen LogP contribution is -2.28. The summed E-state index contributed by atoms with van der Waals surface area (Å²) in [5.41, 5.74) is 8.18. The lowest BCUT2D eigenvalue weighted by molar-refractivity contribution is -0.198. The van der Waals surface area contributed by atoms with Crippen molar-refractivity contribution in [3.8, 4) is 11.6 Å². The van der Waals surface area contributed by atoms with Crippen molar-refractivity contribution in [2.24, 2.45) is 11.8 Å². The van der Waals surface area contributed by atoms with E-state index in [0.717, 1.165) is 5.57 Å². The first-order valence-corrected chi connectivity index (χ1v) is 12.0. The van der Waals surface area contributed by atoms with E-state index >= 15 is 0 Å². The molecule has 3 aromatic rings. The van der Waals surface area contributed by atoms with Gasteiger partial charge in [0.05, 0.1) is 23.0 Å². The number of nitrogen functional groups attached to an aromatic ring is 1. The monoisotopic (exact) mass is 606 g/mol. The van der Waals surface area contributed by atoms with Gasteiger partial charge in [-0.3, -0.25) is 4.79 Å². The Morgan fingerprint density at radius 1 is 1.26 bits per heavy atom. The van der Waals surface area contributed by atoms with Crippen LogP contribution >= 0.6 is 36.4 Å². The van der Waals surface area contributed by atoms with Gasteiger partial charge in [-0.15, -0.1) is 24.8 Å². The molecule has 1 aliphatic carbocycles. The van der Waals surface area contributed by atoms with Gasteiger partial charge in [0.1, 0.15) is 0 Å². The van der Waals surface area contributed by atoms with Crippen LogP contribution in [0.2, 0.25) is 5.02 Å². The number of allylic oxidation sites excluding steroid dienone is 2. The number of halogens is 6. The van der Waals surface area contributed by atoms with Gasteiger partial charge >= 0.3 is 12.1 Å². The van der Waals surface area contributed by atoms with E-state index in [0.29, 0.717) is 30.5 Å². The molecular formula is C26H28Cl3F3N4O3. The number of pyridine rings is 1. The smallest absolute Gasteiger partial charge is 0.429 e. The maximum Gasteiger partial charge on any atom is 0.429 e. The van der Waals surface area contributed by atoms with Crippen molar-refractivity contribution in [1.29, 1.82) is 0 Å². The predicted octanol–water partition coefficient (Wildman–Crippen LogP) is 7.24. The number of alkyl halides is 3. The largest absolute Gasteiger partial charge is 0.481 e. The number of carboxylic acid groups (broad SMARTS) is 1. The molecule has 212 valence electrons. The minimum absolute atomic E-state index is 0. The first-order valence-electron chi connectivity index (χ1n) is 11.7. The molecule has 2 aromatic heterocycles. The summed E-state index contributed by atoms with van der Waals surface area (Å²) in [6.07, 6.45) is -0.383. The fraction of sp³-hybridized carbons (Fsp3) is 0.346. The molecule has 39 heavy (non-hydrogen) atoms. The Balaban J connectivity index is 0.00000267. The standard InChI is InChI=1S/C26H26ClF3N4O3.2ClH/c1-14-9-10-34(33-14)22-12-19(27)7-8-20(22)23(26(28,29)30)37-24-21(31)11-18(13-32-24)17-5-3-16(4-6-17)15(2)25(35)36;;/h5,7-13,15-16,23H,3-4,6,31H2,1-2H3,(H,35,36);2*1H/t15?,16?,23-;;/m1../s1. The number of ether oxygens (including phenoxy) is 1. The third-order valence-electron chi connectivity index (χ3n) is 6.57. The Bertz CT molecular complexity index is 1350. The van der Waals surface area contributed by atoms with Crippen molar-refractivity contribution < 1.29 is 27.8 Å². The molecule has 0 spiro atoms. The lowest BCUT2D eigenvalue weighted by Gasteiger charge is -2.26.